The van der Waals surface area contributed by atoms with Gasteiger partial charge < -0.3 is 13.8 Å². The van der Waals surface area contributed by atoms with Gasteiger partial charge in [-0.1, -0.05) is 13.3 Å². The van der Waals surface area contributed by atoms with Gasteiger partial charge in [0.25, 0.3) is 0 Å². The first-order valence-corrected chi connectivity index (χ1v) is 7.39. The molecule has 0 aromatic rings. The minimum absolute atomic E-state index is 0.366. The fraction of sp³-hybridized carbons (Fsp3) is 0.818. The zero-order chi connectivity index (χ0) is 12.4. The quantitative estimate of drug-likeness (QED) is 0.459. The molecule has 0 unspecified atom stereocenters. The third-order valence-corrected chi connectivity index (χ3v) is 4.07. The fourth-order valence-electron chi connectivity index (χ4n) is 1.24. The second-order valence-electron chi connectivity index (χ2n) is 3.15. The van der Waals surface area contributed by atoms with Crippen LogP contribution in [0.2, 0.25) is 0 Å². The van der Waals surface area contributed by atoms with Crippen LogP contribution in [0.15, 0.2) is 11.6 Å². The SMILES string of the molecule is CCC/C(=C\OCC)P(=O)(OCC)OCC. The highest BCUT2D eigenvalue weighted by Crippen LogP contribution is 2.57. The molecule has 0 bridgehead atoms. The number of allylic oxidation sites excluding steroid dienone is 1. The summed E-state index contributed by atoms with van der Waals surface area (Å²) in [6, 6.07) is 0. The maximum absolute atomic E-state index is 12.4. The second-order valence-corrected chi connectivity index (χ2v) is 5.23. The number of hydrogen-bond acceptors (Lipinski definition) is 4. The molecule has 0 aliphatic carbocycles. The summed E-state index contributed by atoms with van der Waals surface area (Å²) in [4.78, 5) is 0. The summed E-state index contributed by atoms with van der Waals surface area (Å²) in [7, 11) is -3.14. The van der Waals surface area contributed by atoms with E-state index in [0.717, 1.165) is 6.42 Å². The normalized spacial score (nSPS) is 12.9. The predicted octanol–water partition coefficient (Wildman–Crippen LogP) is 3.93. The Labute approximate surface area is 98.5 Å². The van der Waals surface area contributed by atoms with Crippen molar-refractivity contribution < 1.29 is 18.3 Å². The van der Waals surface area contributed by atoms with Gasteiger partial charge in [-0.15, -0.1) is 0 Å². The third kappa shape index (κ3) is 5.15. The summed E-state index contributed by atoms with van der Waals surface area (Å²) in [5.74, 6) is 0. The zero-order valence-corrected chi connectivity index (χ0v) is 11.6. The fourth-order valence-corrected chi connectivity index (χ4v) is 3.03. The summed E-state index contributed by atoms with van der Waals surface area (Å²) >= 11 is 0. The maximum atomic E-state index is 12.4. The van der Waals surface area contributed by atoms with E-state index in [4.69, 9.17) is 13.8 Å². The lowest BCUT2D eigenvalue weighted by Gasteiger charge is -2.19. The van der Waals surface area contributed by atoms with Crippen molar-refractivity contribution >= 4 is 7.60 Å². The van der Waals surface area contributed by atoms with Crippen molar-refractivity contribution in [2.45, 2.75) is 40.5 Å². The van der Waals surface area contributed by atoms with Gasteiger partial charge in [-0.3, -0.25) is 4.57 Å². The second kappa shape index (κ2) is 8.80. The molecule has 0 aromatic heterocycles. The Morgan fingerprint density at radius 2 is 1.62 bits per heavy atom. The van der Waals surface area contributed by atoms with Crippen LogP contribution in [0.25, 0.3) is 0 Å². The Balaban J connectivity index is 4.85. The lowest BCUT2D eigenvalue weighted by molar-refractivity contribution is 0.220. The summed E-state index contributed by atoms with van der Waals surface area (Å²) < 4.78 is 28.1. The van der Waals surface area contributed by atoms with Crippen molar-refractivity contribution in [2.24, 2.45) is 0 Å². The molecule has 96 valence electrons. The monoisotopic (exact) mass is 250 g/mol. The van der Waals surface area contributed by atoms with Crippen LogP contribution >= 0.6 is 7.60 Å². The van der Waals surface area contributed by atoms with E-state index in [2.05, 4.69) is 0 Å². The van der Waals surface area contributed by atoms with Crippen LogP contribution in [0.3, 0.4) is 0 Å². The highest BCUT2D eigenvalue weighted by Gasteiger charge is 2.29. The highest BCUT2D eigenvalue weighted by molar-refractivity contribution is 7.58. The van der Waals surface area contributed by atoms with Gasteiger partial charge in [0.2, 0.25) is 0 Å². The Hall–Kier alpha value is -0.310. The van der Waals surface area contributed by atoms with E-state index in [1.165, 1.54) is 6.26 Å². The topological polar surface area (TPSA) is 44.8 Å². The van der Waals surface area contributed by atoms with E-state index in [9.17, 15) is 4.57 Å². The zero-order valence-electron chi connectivity index (χ0n) is 10.7. The molecule has 0 amide bonds. The Morgan fingerprint density at radius 1 is 1.06 bits per heavy atom. The molecule has 0 fully saturated rings. The van der Waals surface area contributed by atoms with Crippen LogP contribution in [0, 0.1) is 0 Å². The minimum Gasteiger partial charge on any atom is -0.501 e. The van der Waals surface area contributed by atoms with Crippen molar-refractivity contribution in [3.63, 3.8) is 0 Å². The van der Waals surface area contributed by atoms with Gasteiger partial charge in [0.05, 0.1) is 31.4 Å². The molecule has 0 saturated carbocycles. The molecular weight excluding hydrogens is 227 g/mol. The van der Waals surface area contributed by atoms with Gasteiger partial charge in [-0.25, -0.2) is 0 Å². The first-order valence-electron chi connectivity index (χ1n) is 5.84. The molecule has 0 N–H and O–H groups in total. The van der Waals surface area contributed by atoms with E-state index in [0.29, 0.717) is 31.6 Å². The molecule has 0 saturated heterocycles. The molecule has 0 spiro atoms. The predicted molar refractivity (Wildman–Crippen MR) is 65.5 cm³/mol. The third-order valence-electron chi connectivity index (χ3n) is 1.84. The summed E-state index contributed by atoms with van der Waals surface area (Å²) in [6.07, 6.45) is 3.07. The molecule has 0 aliphatic heterocycles. The first-order chi connectivity index (χ1) is 7.64. The van der Waals surface area contributed by atoms with Crippen molar-refractivity contribution in [1.82, 2.24) is 0 Å². The van der Waals surface area contributed by atoms with Crippen LogP contribution in [-0.4, -0.2) is 19.8 Å². The Kier molecular flexibility index (Phi) is 8.63. The van der Waals surface area contributed by atoms with Gasteiger partial charge in [0.1, 0.15) is 0 Å². The van der Waals surface area contributed by atoms with Crippen molar-refractivity contribution in [3.8, 4) is 0 Å². The smallest absolute Gasteiger partial charge is 0.360 e. The van der Waals surface area contributed by atoms with Crippen LogP contribution < -0.4 is 0 Å². The van der Waals surface area contributed by atoms with E-state index >= 15 is 0 Å². The average molecular weight is 250 g/mol. The van der Waals surface area contributed by atoms with Crippen LogP contribution in [0.5, 0.6) is 0 Å². The number of rotatable bonds is 9. The molecule has 0 aromatic carbocycles. The number of hydrogen-bond donors (Lipinski definition) is 0. The summed E-state index contributed by atoms with van der Waals surface area (Å²) in [5.41, 5.74) is 0. The molecule has 0 atom stereocenters. The van der Waals surface area contributed by atoms with Crippen molar-refractivity contribution in [3.05, 3.63) is 11.6 Å². The Morgan fingerprint density at radius 3 is 2.00 bits per heavy atom. The van der Waals surface area contributed by atoms with Crippen molar-refractivity contribution in [2.75, 3.05) is 19.8 Å². The molecule has 0 rings (SSSR count). The van der Waals surface area contributed by atoms with Crippen LogP contribution in [0.4, 0.5) is 0 Å². The standard InChI is InChI=1S/C11H23O4P/c1-5-9-11(10-13-6-2)16(12,14-7-3)15-8-4/h10H,5-9H2,1-4H3/b11-10+. The average Bonchev–Trinajstić information content (AvgIpc) is 2.24. The molecule has 4 nitrogen and oxygen atoms in total. The highest BCUT2D eigenvalue weighted by atomic mass is 31.2. The molecule has 0 heterocycles. The maximum Gasteiger partial charge on any atom is 0.360 e. The molecule has 5 heteroatoms. The van der Waals surface area contributed by atoms with Gasteiger partial charge in [-0.05, 0) is 27.2 Å². The van der Waals surface area contributed by atoms with E-state index < -0.39 is 7.60 Å². The lowest BCUT2D eigenvalue weighted by Crippen LogP contribution is -2.00. The lowest BCUT2D eigenvalue weighted by atomic mass is 10.3. The molecular formula is C11H23O4P. The molecule has 0 aliphatic rings. The molecule has 0 radical (unpaired) electrons. The van der Waals surface area contributed by atoms with Crippen LogP contribution in [0.1, 0.15) is 40.5 Å². The van der Waals surface area contributed by atoms with E-state index in [1.807, 2.05) is 13.8 Å². The van der Waals surface area contributed by atoms with Gasteiger partial charge in [-0.2, -0.15) is 0 Å². The van der Waals surface area contributed by atoms with Gasteiger partial charge >= 0.3 is 7.60 Å². The van der Waals surface area contributed by atoms with Crippen LogP contribution in [-0.2, 0) is 18.3 Å². The van der Waals surface area contributed by atoms with Gasteiger partial charge in [0, 0.05) is 0 Å². The van der Waals surface area contributed by atoms with Gasteiger partial charge in [0.15, 0.2) is 0 Å². The molecule has 16 heavy (non-hydrogen) atoms. The van der Waals surface area contributed by atoms with E-state index in [-0.39, 0.29) is 0 Å². The number of ether oxygens (including phenoxy) is 1. The Bertz CT molecular complexity index is 240. The van der Waals surface area contributed by atoms with Crippen molar-refractivity contribution in [1.29, 1.82) is 0 Å². The first kappa shape index (κ1) is 15.7. The largest absolute Gasteiger partial charge is 0.501 e. The minimum atomic E-state index is -3.14. The summed E-state index contributed by atoms with van der Waals surface area (Å²) in [5, 5.41) is 0.626. The summed E-state index contributed by atoms with van der Waals surface area (Å²) in [6.45, 7) is 8.78. The van der Waals surface area contributed by atoms with E-state index in [1.54, 1.807) is 13.8 Å².